The Morgan fingerprint density at radius 1 is 1.12 bits per heavy atom. The Bertz CT molecular complexity index is 1950. The first-order valence-electron chi connectivity index (χ1n) is 13.0. The molecule has 1 aliphatic heterocycles. The standard InChI is InChI=1S/C31H24BrCl3N2O5S/c1-4-41-30(39)26-16(2)36-31-37(27(26)20-7-5-6-8-22(20)34)29(38)25(43-31)13-17-11-21(32)28(24(12-17)40-3)42-15-18-9-10-19(33)14-23(18)35/h5-14,27H,4,15H2,1-3H3/b25-13-/t27-/m0/s1. The fourth-order valence-corrected chi connectivity index (χ4v) is 7.01. The summed E-state index contributed by atoms with van der Waals surface area (Å²) in [6.45, 7) is 3.82. The smallest absolute Gasteiger partial charge is 0.338 e. The van der Waals surface area contributed by atoms with Gasteiger partial charge in [0, 0.05) is 20.6 Å². The monoisotopic (exact) mass is 720 g/mol. The molecule has 0 saturated heterocycles. The van der Waals surface area contributed by atoms with Crippen molar-refractivity contribution in [3.63, 3.8) is 0 Å². The second-order valence-electron chi connectivity index (χ2n) is 9.38. The van der Waals surface area contributed by atoms with Gasteiger partial charge in [-0.3, -0.25) is 9.36 Å². The van der Waals surface area contributed by atoms with Crippen LogP contribution in [0.3, 0.4) is 0 Å². The summed E-state index contributed by atoms with van der Waals surface area (Å²) in [5.41, 5.74) is 2.44. The van der Waals surface area contributed by atoms with Crippen LogP contribution in [0.2, 0.25) is 15.1 Å². The molecular weight excluding hydrogens is 699 g/mol. The van der Waals surface area contributed by atoms with Crippen LogP contribution in [0.25, 0.3) is 6.08 Å². The predicted octanol–water partition coefficient (Wildman–Crippen LogP) is 7.11. The quantitative estimate of drug-likeness (QED) is 0.181. The summed E-state index contributed by atoms with van der Waals surface area (Å²) in [5, 5.41) is 1.45. The van der Waals surface area contributed by atoms with Gasteiger partial charge in [-0.25, -0.2) is 9.79 Å². The van der Waals surface area contributed by atoms with Crippen LogP contribution in [0, 0.1) is 0 Å². The molecule has 7 nitrogen and oxygen atoms in total. The Kier molecular flexibility index (Phi) is 9.68. The largest absolute Gasteiger partial charge is 0.493 e. The van der Waals surface area contributed by atoms with Crippen LogP contribution in [-0.4, -0.2) is 24.3 Å². The number of rotatable bonds is 8. The zero-order valence-corrected chi connectivity index (χ0v) is 27.8. The van der Waals surface area contributed by atoms with E-state index in [0.29, 0.717) is 57.2 Å². The van der Waals surface area contributed by atoms with Gasteiger partial charge in [-0.1, -0.05) is 70.4 Å². The van der Waals surface area contributed by atoms with Crippen molar-refractivity contribution >= 4 is 74.1 Å². The number of thiazole rings is 1. The van der Waals surface area contributed by atoms with Gasteiger partial charge in [0.2, 0.25) is 0 Å². The Balaban J connectivity index is 1.58. The summed E-state index contributed by atoms with van der Waals surface area (Å²) in [6, 6.07) is 15.1. The molecule has 4 aromatic rings. The second kappa shape index (κ2) is 13.3. The fraction of sp³-hybridized carbons (Fsp3) is 0.194. The SMILES string of the molecule is CCOC(=O)C1=C(C)N=c2s/c(=C\c3cc(Br)c(OCc4ccc(Cl)cc4Cl)c(OC)c3)c(=O)n2[C@H]1c1ccccc1Cl. The number of carbonyl (C=O) groups is 1. The number of fused-ring (bicyclic) bond motifs is 1. The number of hydrogen-bond donors (Lipinski definition) is 0. The molecule has 5 rings (SSSR count). The Morgan fingerprint density at radius 3 is 2.58 bits per heavy atom. The van der Waals surface area contributed by atoms with Crippen LogP contribution in [-0.2, 0) is 16.1 Å². The molecule has 0 radical (unpaired) electrons. The van der Waals surface area contributed by atoms with Crippen molar-refractivity contribution in [3.8, 4) is 11.5 Å². The summed E-state index contributed by atoms with van der Waals surface area (Å²) < 4.78 is 19.5. The van der Waals surface area contributed by atoms with Crippen LogP contribution in [0.1, 0.15) is 36.6 Å². The number of carbonyl (C=O) groups excluding carboxylic acids is 1. The van der Waals surface area contributed by atoms with Crippen molar-refractivity contribution in [2.45, 2.75) is 26.5 Å². The molecule has 1 aromatic heterocycles. The lowest BCUT2D eigenvalue weighted by atomic mass is 9.96. The fourth-order valence-electron chi connectivity index (χ4n) is 4.69. The van der Waals surface area contributed by atoms with Gasteiger partial charge in [-0.15, -0.1) is 0 Å². The van der Waals surface area contributed by atoms with Crippen LogP contribution < -0.4 is 24.4 Å². The maximum Gasteiger partial charge on any atom is 0.338 e. The average molecular weight is 723 g/mol. The van der Waals surface area contributed by atoms with E-state index in [4.69, 9.17) is 49.0 Å². The van der Waals surface area contributed by atoms with E-state index >= 15 is 0 Å². The highest BCUT2D eigenvalue weighted by molar-refractivity contribution is 9.10. The van der Waals surface area contributed by atoms with Crippen LogP contribution in [0.5, 0.6) is 11.5 Å². The van der Waals surface area contributed by atoms with Gasteiger partial charge in [-0.05, 0) is 77.3 Å². The van der Waals surface area contributed by atoms with Crippen molar-refractivity contribution in [2.24, 2.45) is 4.99 Å². The minimum absolute atomic E-state index is 0.179. The van der Waals surface area contributed by atoms with E-state index in [1.807, 2.05) is 12.1 Å². The summed E-state index contributed by atoms with van der Waals surface area (Å²) in [6.07, 6.45) is 1.74. The Labute approximate surface area is 274 Å². The van der Waals surface area contributed by atoms with Gasteiger partial charge < -0.3 is 14.2 Å². The van der Waals surface area contributed by atoms with E-state index in [-0.39, 0.29) is 24.3 Å². The first-order valence-corrected chi connectivity index (χ1v) is 15.8. The second-order valence-corrected chi connectivity index (χ2v) is 12.5. The van der Waals surface area contributed by atoms with Gasteiger partial charge in [0.25, 0.3) is 5.56 Å². The third kappa shape index (κ3) is 6.42. The molecule has 0 saturated carbocycles. The molecule has 0 bridgehead atoms. The number of allylic oxidation sites excluding steroid dienone is 1. The van der Waals surface area contributed by atoms with Gasteiger partial charge in [0.1, 0.15) is 12.6 Å². The third-order valence-electron chi connectivity index (χ3n) is 6.65. The van der Waals surface area contributed by atoms with E-state index in [0.717, 1.165) is 5.56 Å². The van der Waals surface area contributed by atoms with E-state index < -0.39 is 12.0 Å². The van der Waals surface area contributed by atoms with Crippen LogP contribution >= 0.6 is 62.1 Å². The molecule has 12 heteroatoms. The normalized spacial score (nSPS) is 14.8. The van der Waals surface area contributed by atoms with Crippen molar-refractivity contribution in [1.82, 2.24) is 4.57 Å². The Hall–Kier alpha value is -3.08. The zero-order chi connectivity index (χ0) is 30.8. The number of benzene rings is 3. The maximum absolute atomic E-state index is 13.9. The highest BCUT2D eigenvalue weighted by atomic mass is 79.9. The van der Waals surface area contributed by atoms with E-state index in [1.54, 1.807) is 62.4 Å². The molecule has 0 N–H and O–H groups in total. The summed E-state index contributed by atoms with van der Waals surface area (Å²) in [7, 11) is 1.53. The molecule has 222 valence electrons. The van der Waals surface area contributed by atoms with E-state index in [2.05, 4.69) is 20.9 Å². The highest BCUT2D eigenvalue weighted by Gasteiger charge is 2.34. The third-order valence-corrected chi connectivity index (χ3v) is 9.16. The predicted molar refractivity (Wildman–Crippen MR) is 173 cm³/mol. The minimum Gasteiger partial charge on any atom is -0.493 e. The summed E-state index contributed by atoms with van der Waals surface area (Å²) >= 11 is 23.7. The molecule has 0 spiro atoms. The lowest BCUT2D eigenvalue weighted by molar-refractivity contribution is -0.139. The number of halogens is 4. The highest BCUT2D eigenvalue weighted by Crippen LogP contribution is 2.38. The number of nitrogens with zero attached hydrogens (tertiary/aromatic N) is 2. The van der Waals surface area contributed by atoms with Gasteiger partial charge >= 0.3 is 5.97 Å². The molecular formula is C31H24BrCl3N2O5S. The van der Waals surface area contributed by atoms with E-state index in [1.165, 1.54) is 23.0 Å². The van der Waals surface area contributed by atoms with Gasteiger partial charge in [0.05, 0.1) is 34.0 Å². The van der Waals surface area contributed by atoms with Crippen LogP contribution in [0.15, 0.2) is 80.1 Å². The van der Waals surface area contributed by atoms with Crippen molar-refractivity contribution in [3.05, 3.63) is 122 Å². The molecule has 1 atom stereocenters. The topological polar surface area (TPSA) is 79.1 Å². The number of aromatic nitrogens is 1. The molecule has 2 heterocycles. The van der Waals surface area contributed by atoms with Gasteiger partial charge in [-0.2, -0.15) is 0 Å². The van der Waals surface area contributed by atoms with Crippen molar-refractivity contribution < 1.29 is 19.0 Å². The van der Waals surface area contributed by atoms with E-state index in [9.17, 15) is 9.59 Å². The maximum atomic E-state index is 13.9. The molecule has 3 aromatic carbocycles. The minimum atomic E-state index is -0.803. The molecule has 0 fully saturated rings. The molecule has 0 aliphatic carbocycles. The van der Waals surface area contributed by atoms with Gasteiger partial charge in [0.15, 0.2) is 16.3 Å². The molecule has 0 unspecified atom stereocenters. The summed E-state index contributed by atoms with van der Waals surface area (Å²) in [4.78, 5) is 32.1. The zero-order valence-electron chi connectivity index (χ0n) is 23.1. The number of hydrogen-bond acceptors (Lipinski definition) is 7. The number of ether oxygens (including phenoxy) is 3. The molecule has 1 aliphatic rings. The van der Waals surface area contributed by atoms with Crippen molar-refractivity contribution in [2.75, 3.05) is 13.7 Å². The number of esters is 1. The molecule has 0 amide bonds. The Morgan fingerprint density at radius 2 is 1.88 bits per heavy atom. The lowest BCUT2D eigenvalue weighted by Gasteiger charge is -2.25. The summed E-state index contributed by atoms with van der Waals surface area (Å²) in [5.74, 6) is 0.375. The first-order chi connectivity index (χ1) is 20.6. The first kappa shape index (κ1) is 31.3. The lowest BCUT2D eigenvalue weighted by Crippen LogP contribution is -2.40. The van der Waals surface area contributed by atoms with Crippen molar-refractivity contribution in [1.29, 1.82) is 0 Å². The molecule has 43 heavy (non-hydrogen) atoms. The van der Waals surface area contributed by atoms with Crippen LogP contribution in [0.4, 0.5) is 0 Å². The average Bonchev–Trinajstić information content (AvgIpc) is 3.26. The number of methoxy groups -OCH3 is 1.